The largest absolute Gasteiger partial charge is 0.462 e. The number of carbonyl (C=O) groups is 3. The zero-order valence-electron chi connectivity index (χ0n) is 44.0. The first-order valence-electron chi connectivity index (χ1n) is 29.2. The van der Waals surface area contributed by atoms with E-state index in [1.807, 2.05) is 0 Å². The zero-order valence-corrected chi connectivity index (χ0v) is 44.0. The maximum Gasteiger partial charge on any atom is 0.306 e. The Morgan fingerprint density at radius 2 is 0.508 bits per heavy atom. The van der Waals surface area contributed by atoms with Crippen LogP contribution >= 0.6 is 0 Å². The van der Waals surface area contributed by atoms with Crippen LogP contribution in [0.15, 0.2) is 12.2 Å². The predicted molar refractivity (Wildman–Crippen MR) is 280 cm³/mol. The molecule has 6 heteroatoms. The van der Waals surface area contributed by atoms with Crippen molar-refractivity contribution < 1.29 is 28.6 Å². The van der Waals surface area contributed by atoms with E-state index in [9.17, 15) is 14.4 Å². The van der Waals surface area contributed by atoms with Gasteiger partial charge in [-0.2, -0.15) is 0 Å². The highest BCUT2D eigenvalue weighted by Gasteiger charge is 2.19. The van der Waals surface area contributed by atoms with Gasteiger partial charge in [0.2, 0.25) is 0 Å². The minimum atomic E-state index is -0.763. The lowest BCUT2D eigenvalue weighted by Gasteiger charge is -2.18. The normalized spacial score (nSPS) is 12.0. The first-order chi connectivity index (χ1) is 32.0. The summed E-state index contributed by atoms with van der Waals surface area (Å²) in [6.45, 7) is 6.68. The van der Waals surface area contributed by atoms with Gasteiger partial charge in [0.1, 0.15) is 13.2 Å². The summed E-state index contributed by atoms with van der Waals surface area (Å²) >= 11 is 0. The number of esters is 3. The maximum absolute atomic E-state index is 12.8. The third kappa shape index (κ3) is 53.0. The van der Waals surface area contributed by atoms with Crippen LogP contribution in [-0.4, -0.2) is 37.2 Å². The Balaban J connectivity index is 4.18. The molecule has 0 aromatic carbocycles. The van der Waals surface area contributed by atoms with E-state index in [0.717, 1.165) is 57.8 Å². The van der Waals surface area contributed by atoms with Crippen LogP contribution in [0.2, 0.25) is 0 Å². The maximum atomic E-state index is 12.8. The monoisotopic (exact) mass is 917 g/mol. The van der Waals surface area contributed by atoms with Gasteiger partial charge in [0.25, 0.3) is 0 Å². The fraction of sp³-hybridized carbons (Fsp3) is 0.915. The molecular weight excluding hydrogens is 805 g/mol. The molecule has 0 aromatic rings. The van der Waals surface area contributed by atoms with Crippen molar-refractivity contribution >= 4 is 17.9 Å². The van der Waals surface area contributed by atoms with E-state index in [-0.39, 0.29) is 31.1 Å². The molecule has 0 heterocycles. The molecule has 0 aliphatic carbocycles. The minimum Gasteiger partial charge on any atom is -0.462 e. The quantitative estimate of drug-likeness (QED) is 0.0262. The third-order valence-corrected chi connectivity index (χ3v) is 13.3. The van der Waals surface area contributed by atoms with Crippen molar-refractivity contribution in [2.24, 2.45) is 0 Å². The molecule has 0 rings (SSSR count). The first kappa shape index (κ1) is 63.1. The van der Waals surface area contributed by atoms with Crippen LogP contribution in [-0.2, 0) is 28.6 Å². The molecule has 0 bridgehead atoms. The second-order valence-electron chi connectivity index (χ2n) is 19.9. The van der Waals surface area contributed by atoms with E-state index >= 15 is 0 Å². The van der Waals surface area contributed by atoms with Crippen LogP contribution in [0, 0.1) is 0 Å². The summed E-state index contributed by atoms with van der Waals surface area (Å²) in [5.74, 6) is -0.844. The highest BCUT2D eigenvalue weighted by atomic mass is 16.6. The van der Waals surface area contributed by atoms with Gasteiger partial charge in [0, 0.05) is 19.3 Å². The van der Waals surface area contributed by atoms with E-state index in [1.165, 1.54) is 231 Å². The van der Waals surface area contributed by atoms with Crippen molar-refractivity contribution in [3.05, 3.63) is 12.2 Å². The van der Waals surface area contributed by atoms with Gasteiger partial charge < -0.3 is 14.2 Å². The molecule has 1 unspecified atom stereocenters. The number of rotatable bonds is 54. The topological polar surface area (TPSA) is 78.9 Å². The van der Waals surface area contributed by atoms with Crippen LogP contribution < -0.4 is 0 Å². The standard InChI is InChI=1S/C59H112O6/c1-4-7-10-13-16-19-22-24-26-27-28-29-30-31-32-33-34-36-37-40-43-46-49-52-58(61)64-55-56(54-63-57(60)51-48-45-42-39-21-18-15-12-9-6-3)65-59(62)53-50-47-44-41-38-35-25-23-20-17-14-11-8-5-2/h27-28,56H,4-26,29-55H2,1-3H3/b28-27-. The molecule has 0 saturated carbocycles. The van der Waals surface area contributed by atoms with Gasteiger partial charge in [0.15, 0.2) is 6.10 Å². The van der Waals surface area contributed by atoms with Crippen LogP contribution in [0.4, 0.5) is 0 Å². The molecule has 0 aromatic heterocycles. The van der Waals surface area contributed by atoms with Gasteiger partial charge >= 0.3 is 17.9 Å². The minimum absolute atomic E-state index is 0.0643. The molecule has 0 radical (unpaired) electrons. The van der Waals surface area contributed by atoms with E-state index in [0.29, 0.717) is 19.3 Å². The number of carbonyl (C=O) groups excluding carboxylic acids is 3. The summed E-state index contributed by atoms with van der Waals surface area (Å²) in [5, 5.41) is 0. The van der Waals surface area contributed by atoms with Crippen molar-refractivity contribution in [2.45, 2.75) is 335 Å². The summed E-state index contributed by atoms with van der Waals surface area (Å²) in [4.78, 5) is 38.0. The van der Waals surface area contributed by atoms with Crippen LogP contribution in [0.5, 0.6) is 0 Å². The summed E-state index contributed by atoms with van der Waals surface area (Å²) < 4.78 is 16.8. The lowest BCUT2D eigenvalue weighted by Crippen LogP contribution is -2.30. The molecule has 1 atom stereocenters. The van der Waals surface area contributed by atoms with Crippen molar-refractivity contribution in [1.82, 2.24) is 0 Å². The van der Waals surface area contributed by atoms with E-state index in [2.05, 4.69) is 32.9 Å². The fourth-order valence-electron chi connectivity index (χ4n) is 8.85. The molecular formula is C59H112O6. The Morgan fingerprint density at radius 3 is 0.769 bits per heavy atom. The van der Waals surface area contributed by atoms with Gasteiger partial charge in [-0.1, -0.05) is 277 Å². The Labute approximate surface area is 405 Å². The Bertz CT molecular complexity index is 1010. The van der Waals surface area contributed by atoms with Gasteiger partial charge in [-0.25, -0.2) is 0 Å². The van der Waals surface area contributed by atoms with Crippen molar-refractivity contribution in [3.8, 4) is 0 Å². The third-order valence-electron chi connectivity index (χ3n) is 13.3. The van der Waals surface area contributed by atoms with Crippen LogP contribution in [0.1, 0.15) is 329 Å². The fourth-order valence-corrected chi connectivity index (χ4v) is 8.85. The number of ether oxygens (including phenoxy) is 3. The van der Waals surface area contributed by atoms with E-state index in [1.54, 1.807) is 0 Å². The second-order valence-corrected chi connectivity index (χ2v) is 19.9. The van der Waals surface area contributed by atoms with Gasteiger partial charge in [0.05, 0.1) is 0 Å². The van der Waals surface area contributed by atoms with E-state index < -0.39 is 6.10 Å². The van der Waals surface area contributed by atoms with Crippen LogP contribution in [0.25, 0.3) is 0 Å². The molecule has 65 heavy (non-hydrogen) atoms. The molecule has 0 N–H and O–H groups in total. The Morgan fingerprint density at radius 1 is 0.292 bits per heavy atom. The SMILES string of the molecule is CCCCCCCCCC/C=C\CCCCCCCCCCCCCC(=O)OCC(COC(=O)CCCCCCCCCCCC)OC(=O)CCCCCCCCCCCCCCCC. The van der Waals surface area contributed by atoms with Crippen molar-refractivity contribution in [1.29, 1.82) is 0 Å². The van der Waals surface area contributed by atoms with Gasteiger partial charge in [-0.05, 0) is 44.9 Å². The smallest absolute Gasteiger partial charge is 0.306 e. The summed E-state index contributed by atoms with van der Waals surface area (Å²) in [7, 11) is 0. The predicted octanol–water partition coefficient (Wildman–Crippen LogP) is 19.3. The molecule has 0 saturated heterocycles. The summed E-state index contributed by atoms with van der Waals surface area (Å²) in [6, 6.07) is 0. The number of hydrogen-bond acceptors (Lipinski definition) is 6. The lowest BCUT2D eigenvalue weighted by molar-refractivity contribution is -0.167. The van der Waals surface area contributed by atoms with Crippen molar-refractivity contribution in [3.63, 3.8) is 0 Å². The Kier molecular flexibility index (Phi) is 53.2. The first-order valence-corrected chi connectivity index (χ1v) is 29.2. The lowest BCUT2D eigenvalue weighted by atomic mass is 10.0. The molecule has 0 amide bonds. The average molecular weight is 918 g/mol. The molecule has 0 aliphatic heterocycles. The number of hydrogen-bond donors (Lipinski definition) is 0. The van der Waals surface area contributed by atoms with Gasteiger partial charge in [-0.3, -0.25) is 14.4 Å². The average Bonchev–Trinajstić information content (AvgIpc) is 3.30. The summed E-state index contributed by atoms with van der Waals surface area (Å²) in [5.41, 5.74) is 0. The molecule has 6 nitrogen and oxygen atoms in total. The Hall–Kier alpha value is -1.85. The van der Waals surface area contributed by atoms with E-state index in [4.69, 9.17) is 14.2 Å². The summed E-state index contributed by atoms with van der Waals surface area (Å²) in [6.07, 6.45) is 62.1. The molecule has 0 fully saturated rings. The molecule has 0 aliphatic rings. The number of allylic oxidation sites excluding steroid dienone is 2. The zero-order chi connectivity index (χ0) is 47.2. The van der Waals surface area contributed by atoms with Crippen LogP contribution in [0.3, 0.4) is 0 Å². The highest BCUT2D eigenvalue weighted by Crippen LogP contribution is 2.17. The number of unbranched alkanes of at least 4 members (excludes halogenated alkanes) is 41. The van der Waals surface area contributed by atoms with Gasteiger partial charge in [-0.15, -0.1) is 0 Å². The van der Waals surface area contributed by atoms with Crippen molar-refractivity contribution in [2.75, 3.05) is 13.2 Å². The molecule has 0 spiro atoms. The molecule has 384 valence electrons. The highest BCUT2D eigenvalue weighted by molar-refractivity contribution is 5.71. The second kappa shape index (κ2) is 54.8.